The van der Waals surface area contributed by atoms with Crippen LogP contribution in [-0.4, -0.2) is 11.1 Å². The third-order valence-corrected chi connectivity index (χ3v) is 5.41. The Balaban J connectivity index is 3.01. The summed E-state index contributed by atoms with van der Waals surface area (Å²) in [7, 11) is 0. The van der Waals surface area contributed by atoms with Gasteiger partial charge in [-0.25, -0.2) is 0 Å². The van der Waals surface area contributed by atoms with Gasteiger partial charge in [-0.1, -0.05) is 122 Å². The van der Waals surface area contributed by atoms with Crippen molar-refractivity contribution in [3.63, 3.8) is 0 Å². The van der Waals surface area contributed by atoms with E-state index in [-0.39, 0.29) is 0 Å². The molecule has 0 aliphatic heterocycles. The average molecular weight is 381 g/mol. The van der Waals surface area contributed by atoms with Crippen LogP contribution in [0.4, 0.5) is 0 Å². The molecule has 0 saturated heterocycles. The van der Waals surface area contributed by atoms with Crippen LogP contribution in [0.2, 0.25) is 0 Å². The summed E-state index contributed by atoms with van der Waals surface area (Å²) in [6.07, 6.45) is 31.6. The molecule has 0 fully saturated rings. The van der Waals surface area contributed by atoms with E-state index in [9.17, 15) is 4.79 Å². The fraction of sp³-hybridized carbons (Fsp3) is 0.880. The number of hydrogen-bond donors (Lipinski definition) is 1. The lowest BCUT2D eigenvalue weighted by atomic mass is 10.0. The molecule has 0 rings (SSSR count). The van der Waals surface area contributed by atoms with Crippen molar-refractivity contribution in [2.45, 2.75) is 142 Å². The number of aliphatic carboxylic acids is 1. The summed E-state index contributed by atoms with van der Waals surface area (Å²) in [5.41, 5.74) is 0. The van der Waals surface area contributed by atoms with Crippen molar-refractivity contribution >= 4 is 5.97 Å². The lowest BCUT2D eigenvalue weighted by Crippen LogP contribution is -1.93. The molecule has 1 N–H and O–H groups in total. The summed E-state index contributed by atoms with van der Waals surface area (Å²) in [6.45, 7) is 2.20. The van der Waals surface area contributed by atoms with Crippen LogP contribution in [0.25, 0.3) is 0 Å². The van der Waals surface area contributed by atoms with Gasteiger partial charge in [-0.05, 0) is 25.7 Å². The van der Waals surface area contributed by atoms with Crippen LogP contribution in [0.15, 0.2) is 12.2 Å². The van der Waals surface area contributed by atoms with Crippen LogP contribution >= 0.6 is 0 Å². The zero-order valence-corrected chi connectivity index (χ0v) is 18.4. The molecule has 0 aliphatic rings. The Bertz CT molecular complexity index is 322. The quantitative estimate of drug-likeness (QED) is 0.150. The van der Waals surface area contributed by atoms with Crippen LogP contribution in [0.5, 0.6) is 0 Å². The molecule has 0 atom stereocenters. The maximum absolute atomic E-state index is 10.4. The first kappa shape index (κ1) is 26.2. The second-order valence-electron chi connectivity index (χ2n) is 8.18. The second kappa shape index (κ2) is 23.2. The number of carboxylic acids is 1. The standard InChI is InChI=1S/C25H48O2/c1-2-3-4-5-6-7-8-9-10-11-12-13-14-15-16-17-18-19-20-21-22-23-24-25(26)27/h3-4H,2,5-24H2,1H3,(H,26,27). The van der Waals surface area contributed by atoms with Gasteiger partial charge in [0.2, 0.25) is 0 Å². The molecule has 0 amide bonds. The minimum Gasteiger partial charge on any atom is -0.481 e. The lowest BCUT2D eigenvalue weighted by Gasteiger charge is -2.04. The van der Waals surface area contributed by atoms with E-state index >= 15 is 0 Å². The Morgan fingerprint density at radius 3 is 1.22 bits per heavy atom. The van der Waals surface area contributed by atoms with Crippen molar-refractivity contribution in [2.75, 3.05) is 0 Å². The van der Waals surface area contributed by atoms with E-state index in [2.05, 4.69) is 19.1 Å². The maximum atomic E-state index is 10.4. The Kier molecular flexibility index (Phi) is 22.6. The molecule has 27 heavy (non-hydrogen) atoms. The highest BCUT2D eigenvalue weighted by atomic mass is 16.4. The van der Waals surface area contributed by atoms with Gasteiger partial charge >= 0.3 is 5.97 Å². The molecule has 0 aromatic heterocycles. The van der Waals surface area contributed by atoms with Gasteiger partial charge in [0.05, 0.1) is 0 Å². The van der Waals surface area contributed by atoms with Gasteiger partial charge in [-0.3, -0.25) is 4.79 Å². The SMILES string of the molecule is CCC=CCCCCCCCCCCCCCCCCCCCCC(=O)O. The van der Waals surface area contributed by atoms with Crippen LogP contribution in [0.1, 0.15) is 142 Å². The van der Waals surface area contributed by atoms with E-state index in [1.807, 2.05) is 0 Å². The van der Waals surface area contributed by atoms with E-state index in [1.54, 1.807) is 0 Å². The molecule has 2 nitrogen and oxygen atoms in total. The first-order valence-electron chi connectivity index (χ1n) is 12.1. The fourth-order valence-electron chi connectivity index (χ4n) is 3.65. The Labute approximate surface area is 170 Å². The minimum atomic E-state index is -0.652. The summed E-state index contributed by atoms with van der Waals surface area (Å²) >= 11 is 0. The predicted molar refractivity (Wildman–Crippen MR) is 119 cm³/mol. The monoisotopic (exact) mass is 380 g/mol. The number of carboxylic acid groups (broad SMARTS) is 1. The summed E-state index contributed by atoms with van der Waals surface area (Å²) in [5, 5.41) is 8.58. The fourth-order valence-corrected chi connectivity index (χ4v) is 3.65. The van der Waals surface area contributed by atoms with Crippen LogP contribution in [0.3, 0.4) is 0 Å². The molecule has 0 aromatic rings. The molecule has 0 saturated carbocycles. The van der Waals surface area contributed by atoms with Crippen molar-refractivity contribution in [3.05, 3.63) is 12.2 Å². The molecule has 0 heterocycles. The maximum Gasteiger partial charge on any atom is 0.303 e. The van der Waals surface area contributed by atoms with Gasteiger partial charge in [0, 0.05) is 6.42 Å². The summed E-state index contributed by atoms with van der Waals surface area (Å²) in [6, 6.07) is 0. The molecule has 160 valence electrons. The predicted octanol–water partition coefficient (Wildman–Crippen LogP) is 8.84. The molecular formula is C25H48O2. The number of rotatable bonds is 22. The zero-order chi connectivity index (χ0) is 19.8. The molecule has 0 unspecified atom stereocenters. The Hall–Kier alpha value is -0.790. The minimum absolute atomic E-state index is 0.344. The molecule has 0 spiro atoms. The van der Waals surface area contributed by atoms with E-state index in [0.29, 0.717) is 6.42 Å². The van der Waals surface area contributed by atoms with Gasteiger partial charge in [0.25, 0.3) is 0 Å². The number of hydrogen-bond acceptors (Lipinski definition) is 1. The van der Waals surface area contributed by atoms with Crippen molar-refractivity contribution in [3.8, 4) is 0 Å². The number of unbranched alkanes of at least 4 members (excludes halogenated alkanes) is 18. The second-order valence-corrected chi connectivity index (χ2v) is 8.18. The highest BCUT2D eigenvalue weighted by Gasteiger charge is 1.97. The summed E-state index contributed by atoms with van der Waals surface area (Å²) in [4.78, 5) is 10.4. The molecule has 0 radical (unpaired) electrons. The van der Waals surface area contributed by atoms with Gasteiger partial charge < -0.3 is 5.11 Å². The summed E-state index contributed by atoms with van der Waals surface area (Å²) < 4.78 is 0. The Morgan fingerprint density at radius 2 is 0.889 bits per heavy atom. The van der Waals surface area contributed by atoms with Crippen LogP contribution in [0, 0.1) is 0 Å². The lowest BCUT2D eigenvalue weighted by molar-refractivity contribution is -0.137. The average Bonchev–Trinajstić information content (AvgIpc) is 2.65. The van der Waals surface area contributed by atoms with Gasteiger partial charge in [0.15, 0.2) is 0 Å². The van der Waals surface area contributed by atoms with E-state index in [0.717, 1.165) is 12.8 Å². The Morgan fingerprint density at radius 1 is 0.556 bits per heavy atom. The number of allylic oxidation sites excluding steroid dienone is 2. The summed E-state index contributed by atoms with van der Waals surface area (Å²) in [5.74, 6) is -0.652. The third kappa shape index (κ3) is 25.2. The smallest absolute Gasteiger partial charge is 0.303 e. The molecule has 0 aromatic carbocycles. The van der Waals surface area contributed by atoms with E-state index in [4.69, 9.17) is 5.11 Å². The van der Waals surface area contributed by atoms with Crippen molar-refractivity contribution in [2.24, 2.45) is 0 Å². The normalized spacial score (nSPS) is 11.4. The topological polar surface area (TPSA) is 37.3 Å². The highest BCUT2D eigenvalue weighted by Crippen LogP contribution is 2.14. The van der Waals surface area contributed by atoms with Crippen molar-refractivity contribution < 1.29 is 9.90 Å². The van der Waals surface area contributed by atoms with Crippen molar-refractivity contribution in [1.29, 1.82) is 0 Å². The van der Waals surface area contributed by atoms with Gasteiger partial charge in [0.1, 0.15) is 0 Å². The molecular weight excluding hydrogens is 332 g/mol. The van der Waals surface area contributed by atoms with Gasteiger partial charge in [-0.2, -0.15) is 0 Å². The molecule has 0 aliphatic carbocycles. The molecule has 2 heteroatoms. The largest absolute Gasteiger partial charge is 0.481 e. The third-order valence-electron chi connectivity index (χ3n) is 5.41. The highest BCUT2D eigenvalue weighted by molar-refractivity contribution is 5.66. The van der Waals surface area contributed by atoms with E-state index in [1.165, 1.54) is 116 Å². The zero-order valence-electron chi connectivity index (χ0n) is 18.4. The van der Waals surface area contributed by atoms with Crippen molar-refractivity contribution in [1.82, 2.24) is 0 Å². The van der Waals surface area contributed by atoms with Gasteiger partial charge in [-0.15, -0.1) is 0 Å². The molecule has 0 bridgehead atoms. The first-order chi connectivity index (χ1) is 13.3. The number of carbonyl (C=O) groups is 1. The van der Waals surface area contributed by atoms with Crippen LogP contribution < -0.4 is 0 Å². The van der Waals surface area contributed by atoms with Crippen LogP contribution in [-0.2, 0) is 4.79 Å². The first-order valence-corrected chi connectivity index (χ1v) is 12.1. The van der Waals surface area contributed by atoms with E-state index < -0.39 is 5.97 Å².